The second-order valence-corrected chi connectivity index (χ2v) is 2.74. The van der Waals surface area contributed by atoms with Crippen molar-refractivity contribution in [1.29, 1.82) is 5.53 Å². The molecule has 0 spiro atoms. The van der Waals surface area contributed by atoms with Crippen molar-refractivity contribution >= 4 is 0 Å². The molecule has 0 aliphatic carbocycles. The fourth-order valence-corrected chi connectivity index (χ4v) is 0.623. The van der Waals surface area contributed by atoms with E-state index in [1.807, 2.05) is 0 Å². The first-order valence-corrected chi connectivity index (χ1v) is 5.74. The Hall–Kier alpha value is -1.44. The summed E-state index contributed by atoms with van der Waals surface area (Å²) >= 11 is 0. The summed E-state index contributed by atoms with van der Waals surface area (Å²) in [5.41, 5.74) is 56.8. The zero-order valence-corrected chi connectivity index (χ0v) is 12.0. The van der Waals surface area contributed by atoms with E-state index in [1.165, 1.54) is 0 Å². The van der Waals surface area contributed by atoms with Gasteiger partial charge >= 0.3 is 0 Å². The highest BCUT2D eigenvalue weighted by Gasteiger charge is 1.84. The van der Waals surface area contributed by atoms with Crippen LogP contribution in [0.1, 0.15) is 0 Å². The van der Waals surface area contributed by atoms with Gasteiger partial charge in [-0.05, 0) is 0 Å². The molecule has 0 amide bonds. The zero-order valence-electron chi connectivity index (χ0n) is 12.0. The lowest BCUT2D eigenvalue weighted by molar-refractivity contribution is 0.191. The third-order valence-electron chi connectivity index (χ3n) is 1.31. The molecule has 24 nitrogen and oxygen atoms in total. The van der Waals surface area contributed by atoms with Gasteiger partial charge in [0.25, 0.3) is 0 Å². The predicted molar refractivity (Wildman–Crippen MR) is 75.2 cm³/mol. The molecule has 0 aliphatic heterocycles. The van der Waals surface area contributed by atoms with Crippen molar-refractivity contribution < 1.29 is 0 Å². The molecule has 0 aromatic rings. The summed E-state index contributed by atoms with van der Waals surface area (Å²) in [6, 6.07) is 0. The van der Waals surface area contributed by atoms with Gasteiger partial charge in [0.15, 0.2) is 0 Å². The van der Waals surface area contributed by atoms with Crippen molar-refractivity contribution in [3.63, 3.8) is 0 Å². The lowest BCUT2D eigenvalue weighted by atomic mass is 12.0. The molecule has 24 N–H and O–H groups in total. The topological polar surface area (TPSA) is 315 Å². The Morgan fingerprint density at radius 2 is 0.667 bits per heavy atom. The van der Waals surface area contributed by atoms with Crippen molar-refractivity contribution in [3.8, 4) is 0 Å². The number of nitrogens with two attached hydrogens (primary N) is 1. The fourth-order valence-electron chi connectivity index (χ4n) is 0.623. The van der Waals surface area contributed by atoms with E-state index < -0.39 is 0 Å². The molecular formula is H24N24. The Morgan fingerprint density at radius 1 is 0.417 bits per heavy atom. The number of rotatable bonds is 21. The van der Waals surface area contributed by atoms with Crippen LogP contribution in [-0.2, 0) is 0 Å². The smallest absolute Gasteiger partial charge is 0.0656 e. The van der Waals surface area contributed by atoms with Crippen molar-refractivity contribution in [3.05, 3.63) is 0 Å². The first kappa shape index (κ1) is 22.6. The molecule has 0 heterocycles. The average Bonchev–Trinajstić information content (AvgIpc) is 2.60. The minimum atomic E-state index is 2.09. The summed E-state index contributed by atoms with van der Waals surface area (Å²) in [7, 11) is 0. The second-order valence-electron chi connectivity index (χ2n) is 2.74. The summed E-state index contributed by atoms with van der Waals surface area (Å²) in [4.78, 5) is 0. The molecule has 0 bridgehead atoms. The number of hydrazine groups is 21. The summed E-state index contributed by atoms with van der Waals surface area (Å²) in [6.45, 7) is 0. The monoisotopic (exact) mass is 360 g/mol. The van der Waals surface area contributed by atoms with Crippen LogP contribution in [0, 0.1) is 5.53 Å². The maximum Gasteiger partial charge on any atom is -0.0656 e. The third-order valence-corrected chi connectivity index (χ3v) is 1.31. The maximum atomic E-state index is 6.38. The molecule has 0 saturated carbocycles. The molecule has 0 aliphatic rings. The molecule has 0 unspecified atom stereocenters. The van der Waals surface area contributed by atoms with Crippen molar-refractivity contribution in [1.82, 2.24) is 116 Å². The van der Waals surface area contributed by atoms with Gasteiger partial charge in [-0.3, -0.25) is 5.84 Å². The molecule has 0 radical (unpaired) electrons. The Labute approximate surface area is 134 Å². The van der Waals surface area contributed by atoms with Gasteiger partial charge in [0.1, 0.15) is 0 Å². The lowest BCUT2D eigenvalue weighted by Crippen LogP contribution is -2.69. The van der Waals surface area contributed by atoms with Gasteiger partial charge in [-0.1, -0.05) is 5.22 Å². The van der Waals surface area contributed by atoms with Crippen LogP contribution in [0.4, 0.5) is 0 Å². The van der Waals surface area contributed by atoms with Crippen LogP contribution in [0.5, 0.6) is 0 Å². The summed E-state index contributed by atoms with van der Waals surface area (Å²) < 4.78 is 0. The molecule has 0 aromatic heterocycles. The van der Waals surface area contributed by atoms with E-state index in [4.69, 9.17) is 11.4 Å². The fraction of sp³-hybridized carbons (Fsp3) is 0. The Kier molecular flexibility index (Phi) is 20.3. The van der Waals surface area contributed by atoms with Gasteiger partial charge in [0.2, 0.25) is 0 Å². The van der Waals surface area contributed by atoms with Gasteiger partial charge < -0.3 is 0 Å². The van der Waals surface area contributed by atoms with E-state index >= 15 is 0 Å². The van der Waals surface area contributed by atoms with Crippen LogP contribution in [-0.4, -0.2) is 0 Å². The van der Waals surface area contributed by atoms with Gasteiger partial charge in [0.05, 0.1) is 0 Å². The standard InChI is InChI=1S/H24N24/c1-3-5-7-9-11-13-15-17-19-21-23-24-22-20-18-16-14-12-10-8-6-4-2/h(H12,1,4,5,8,9,12,13,16,17,20,21,24)(H12,2,3,6,7,10,11,14,15,18,19,22,23). The minimum absolute atomic E-state index is 2.09. The molecule has 24 heteroatoms. The minimum Gasteiger partial charge on any atom is -0.257 e. The van der Waals surface area contributed by atoms with Crippen LogP contribution in [0.15, 0.2) is 5.22 Å². The molecular weight excluding hydrogens is 336 g/mol. The van der Waals surface area contributed by atoms with Crippen molar-refractivity contribution in [2.75, 3.05) is 0 Å². The summed E-state index contributed by atoms with van der Waals surface area (Å²) in [5, 5.41) is 2.80. The predicted octanol–water partition coefficient (Wildman–Crippen LogP) is -10.5. The van der Waals surface area contributed by atoms with Crippen LogP contribution in [0.3, 0.4) is 0 Å². The van der Waals surface area contributed by atoms with E-state index in [-0.39, 0.29) is 0 Å². The Morgan fingerprint density at radius 3 is 0.917 bits per heavy atom. The van der Waals surface area contributed by atoms with Gasteiger partial charge in [-0.2, -0.15) is 111 Å². The van der Waals surface area contributed by atoms with Crippen LogP contribution in [0.2, 0.25) is 0 Å². The average molecular weight is 360 g/mol. The van der Waals surface area contributed by atoms with Crippen molar-refractivity contribution in [2.24, 2.45) is 11.1 Å². The number of nitrogens with one attached hydrogen (secondary N) is 22. The van der Waals surface area contributed by atoms with E-state index in [9.17, 15) is 0 Å². The van der Waals surface area contributed by atoms with Crippen molar-refractivity contribution in [2.45, 2.75) is 0 Å². The number of hydrogen-bond donors (Lipinski definition) is 23. The van der Waals surface area contributed by atoms with Gasteiger partial charge in [-0.25, -0.2) is 5.53 Å². The maximum absolute atomic E-state index is 6.38. The first-order valence-electron chi connectivity index (χ1n) is 5.74. The summed E-state index contributed by atoms with van der Waals surface area (Å²) in [5.74, 6) is 4.90. The first-order chi connectivity index (χ1) is 11.9. The quantitative estimate of drug-likeness (QED) is 0.0390. The SMILES string of the molecule is N=NNNNNNNNNNNNNNNNNNNNNNN. The normalized spacial score (nSPS) is 10.9. The number of hydrogen-bond acceptors (Lipinski definition) is 23. The van der Waals surface area contributed by atoms with Crippen LogP contribution < -0.4 is 122 Å². The van der Waals surface area contributed by atoms with Gasteiger partial charge in [-0.15, -0.1) is 5.53 Å². The highest BCUT2D eigenvalue weighted by atomic mass is 16.0. The van der Waals surface area contributed by atoms with E-state index in [0.717, 1.165) is 0 Å². The van der Waals surface area contributed by atoms with Gasteiger partial charge in [0, 0.05) is 0 Å². The zero-order chi connectivity index (χ0) is 17.6. The van der Waals surface area contributed by atoms with E-state index in [0.29, 0.717) is 0 Å². The highest BCUT2D eigenvalue weighted by molar-refractivity contribution is 4.17. The number of nitrogens with zero attached hydrogens (tertiary/aromatic N) is 1. The molecule has 0 atom stereocenters. The van der Waals surface area contributed by atoms with Crippen LogP contribution >= 0.6 is 0 Å². The summed E-state index contributed by atoms with van der Waals surface area (Å²) in [6.07, 6.45) is 0. The Balaban J connectivity index is 2.94. The molecule has 0 saturated heterocycles. The Bertz CT molecular complexity index is 218. The largest absolute Gasteiger partial charge is 0.257 e. The van der Waals surface area contributed by atoms with E-state index in [2.05, 4.69) is 121 Å². The molecule has 0 fully saturated rings. The molecule has 0 rings (SSSR count). The highest BCUT2D eigenvalue weighted by Crippen LogP contribution is 1.36. The van der Waals surface area contributed by atoms with E-state index in [1.54, 1.807) is 0 Å². The van der Waals surface area contributed by atoms with Crippen LogP contribution in [0.25, 0.3) is 0 Å². The molecule has 24 heavy (non-hydrogen) atoms. The third kappa shape index (κ3) is 20.6. The molecule has 0 aromatic carbocycles. The second kappa shape index (κ2) is 21.6. The molecule has 144 valence electrons. The lowest BCUT2D eigenvalue weighted by Gasteiger charge is -2.15.